The molecular formula is C28H26FN5O4. The van der Waals surface area contributed by atoms with E-state index in [2.05, 4.69) is 10.3 Å². The zero-order chi connectivity index (χ0) is 26.3. The van der Waals surface area contributed by atoms with Crippen LogP contribution in [0, 0.1) is 5.82 Å². The summed E-state index contributed by atoms with van der Waals surface area (Å²) in [5.74, 6) is -1.34. The molecule has 6 rings (SSSR count). The molecule has 10 heteroatoms. The van der Waals surface area contributed by atoms with E-state index in [4.69, 9.17) is 14.5 Å². The van der Waals surface area contributed by atoms with Gasteiger partial charge in [0.05, 0.1) is 38.0 Å². The molecule has 1 unspecified atom stereocenters. The first kappa shape index (κ1) is 24.2. The van der Waals surface area contributed by atoms with Crippen molar-refractivity contribution in [2.75, 3.05) is 18.5 Å². The van der Waals surface area contributed by atoms with Crippen LogP contribution < -0.4 is 10.9 Å². The van der Waals surface area contributed by atoms with Crippen molar-refractivity contribution in [3.05, 3.63) is 99.7 Å². The normalized spacial score (nSPS) is 16.5. The number of hydrogen-bond acceptors (Lipinski definition) is 7. The van der Waals surface area contributed by atoms with E-state index in [1.165, 1.54) is 16.8 Å². The molecule has 0 amide bonds. The lowest BCUT2D eigenvalue weighted by Crippen LogP contribution is -2.35. The van der Waals surface area contributed by atoms with E-state index in [0.717, 1.165) is 5.56 Å². The Morgan fingerprint density at radius 3 is 2.50 bits per heavy atom. The van der Waals surface area contributed by atoms with E-state index in [9.17, 15) is 14.0 Å². The minimum absolute atomic E-state index is 0.0305. The number of carbonyl (C=O) groups is 1. The highest BCUT2D eigenvalue weighted by atomic mass is 19.1. The van der Waals surface area contributed by atoms with Gasteiger partial charge in [0.15, 0.2) is 5.78 Å². The molecule has 9 nitrogen and oxygen atoms in total. The van der Waals surface area contributed by atoms with Crippen molar-refractivity contribution in [2.45, 2.75) is 38.3 Å². The van der Waals surface area contributed by atoms with Crippen LogP contribution in [-0.4, -0.2) is 44.1 Å². The molecule has 4 heterocycles. The van der Waals surface area contributed by atoms with E-state index in [-0.39, 0.29) is 36.9 Å². The van der Waals surface area contributed by atoms with Crippen LogP contribution in [0.3, 0.4) is 0 Å². The maximum atomic E-state index is 13.6. The fourth-order valence-electron chi connectivity index (χ4n) is 5.06. The van der Waals surface area contributed by atoms with Gasteiger partial charge in [-0.3, -0.25) is 14.3 Å². The van der Waals surface area contributed by atoms with E-state index >= 15 is 0 Å². The summed E-state index contributed by atoms with van der Waals surface area (Å²) in [6.45, 7) is 3.29. The highest BCUT2D eigenvalue weighted by Gasteiger charge is 2.46. The average molecular weight is 516 g/mol. The summed E-state index contributed by atoms with van der Waals surface area (Å²) in [6.07, 6.45) is 1.55. The number of hydrogen-bond donors (Lipinski definition) is 1. The highest BCUT2D eigenvalue weighted by molar-refractivity contribution is 6.02. The van der Waals surface area contributed by atoms with Crippen molar-refractivity contribution in [3.8, 4) is 11.4 Å². The van der Waals surface area contributed by atoms with Gasteiger partial charge in [-0.2, -0.15) is 0 Å². The number of fused-ring (bicyclic) bond motifs is 1. The van der Waals surface area contributed by atoms with Gasteiger partial charge in [0.1, 0.15) is 17.1 Å². The molecule has 1 spiro atoms. The van der Waals surface area contributed by atoms with Gasteiger partial charge in [0, 0.05) is 12.6 Å². The van der Waals surface area contributed by atoms with E-state index in [1.54, 1.807) is 29.1 Å². The van der Waals surface area contributed by atoms with Crippen LogP contribution in [0.25, 0.3) is 11.4 Å². The summed E-state index contributed by atoms with van der Waals surface area (Å²) in [7, 11) is 0. The van der Waals surface area contributed by atoms with Crippen molar-refractivity contribution >= 4 is 11.7 Å². The van der Waals surface area contributed by atoms with E-state index < -0.39 is 17.2 Å². The standard InChI is InChI=1S/C28H26FN5O4/c1-18(20-5-3-2-4-6-20)31-27-30-12-11-22(32-27)25-24(23(35)15-19-7-9-21(29)10-8-19)26(36)34-17-28(16-33(25)34)37-13-14-38-28/h2-12,18H,13-17H2,1H3,(H,30,31,32). The molecule has 38 heavy (non-hydrogen) atoms. The van der Waals surface area contributed by atoms with Crippen LogP contribution >= 0.6 is 0 Å². The molecule has 1 saturated heterocycles. The summed E-state index contributed by atoms with van der Waals surface area (Å²) < 4.78 is 28.3. The Bertz CT molecular complexity index is 1540. The lowest BCUT2D eigenvalue weighted by Gasteiger charge is -2.20. The number of nitrogens with one attached hydrogen (secondary N) is 1. The monoisotopic (exact) mass is 515 g/mol. The number of benzene rings is 2. The number of rotatable bonds is 7. The van der Waals surface area contributed by atoms with Crippen LogP contribution in [0.2, 0.25) is 0 Å². The summed E-state index contributed by atoms with van der Waals surface area (Å²) in [5.41, 5.74) is 2.08. The first-order valence-corrected chi connectivity index (χ1v) is 12.5. The maximum absolute atomic E-state index is 13.6. The van der Waals surface area contributed by atoms with Crippen molar-refractivity contribution in [1.82, 2.24) is 19.3 Å². The second-order valence-electron chi connectivity index (χ2n) is 9.52. The van der Waals surface area contributed by atoms with Gasteiger partial charge < -0.3 is 14.8 Å². The number of halogens is 1. The number of anilines is 1. The lowest BCUT2D eigenvalue weighted by atomic mass is 10.0. The molecule has 2 aromatic carbocycles. The zero-order valence-electron chi connectivity index (χ0n) is 20.8. The number of carbonyl (C=O) groups excluding carboxylic acids is 1. The van der Waals surface area contributed by atoms with E-state index in [1.807, 2.05) is 37.3 Å². The quantitative estimate of drug-likeness (QED) is 0.376. The Morgan fingerprint density at radius 1 is 1.05 bits per heavy atom. The third-order valence-electron chi connectivity index (χ3n) is 6.93. The van der Waals surface area contributed by atoms with Crippen LogP contribution in [0.5, 0.6) is 0 Å². The Labute approximate surface area is 217 Å². The Kier molecular flexibility index (Phi) is 6.13. The van der Waals surface area contributed by atoms with Gasteiger partial charge in [-0.05, 0) is 36.2 Å². The van der Waals surface area contributed by atoms with Gasteiger partial charge in [0.2, 0.25) is 11.7 Å². The number of aromatic nitrogens is 4. The summed E-state index contributed by atoms with van der Waals surface area (Å²) in [6, 6.07) is 17.2. The molecule has 194 valence electrons. The smallest absolute Gasteiger partial charge is 0.278 e. The number of nitrogens with zero attached hydrogens (tertiary/aromatic N) is 4. The van der Waals surface area contributed by atoms with Crippen LogP contribution in [-0.2, 0) is 29.0 Å². The third kappa shape index (κ3) is 4.42. The molecule has 1 fully saturated rings. The Balaban J connectivity index is 1.39. The highest BCUT2D eigenvalue weighted by Crippen LogP contribution is 2.34. The fourth-order valence-corrected chi connectivity index (χ4v) is 5.06. The minimum atomic E-state index is -0.942. The van der Waals surface area contributed by atoms with Gasteiger partial charge in [-0.25, -0.2) is 19.0 Å². The van der Waals surface area contributed by atoms with Crippen molar-refractivity contribution in [2.24, 2.45) is 0 Å². The Morgan fingerprint density at radius 2 is 1.76 bits per heavy atom. The molecule has 2 aromatic heterocycles. The van der Waals surface area contributed by atoms with Crippen molar-refractivity contribution < 1.29 is 18.7 Å². The lowest BCUT2D eigenvalue weighted by molar-refractivity contribution is -0.158. The zero-order valence-corrected chi connectivity index (χ0v) is 20.8. The predicted molar refractivity (Wildman–Crippen MR) is 137 cm³/mol. The van der Waals surface area contributed by atoms with Crippen molar-refractivity contribution in [3.63, 3.8) is 0 Å². The van der Waals surface area contributed by atoms with Gasteiger partial charge >= 0.3 is 0 Å². The van der Waals surface area contributed by atoms with Crippen LogP contribution in [0.15, 0.2) is 71.7 Å². The third-order valence-corrected chi connectivity index (χ3v) is 6.93. The molecular weight excluding hydrogens is 489 g/mol. The molecule has 1 N–H and O–H groups in total. The first-order valence-electron chi connectivity index (χ1n) is 12.5. The number of Topliss-reactive ketones (excluding diaryl/α,β-unsaturated/α-hetero) is 1. The second-order valence-corrected chi connectivity index (χ2v) is 9.52. The maximum Gasteiger partial charge on any atom is 0.278 e. The van der Waals surface area contributed by atoms with Gasteiger partial charge in [-0.1, -0.05) is 42.5 Å². The fraction of sp³-hybridized carbons (Fsp3) is 0.286. The molecule has 2 aliphatic heterocycles. The number of ether oxygens (including phenoxy) is 2. The number of ketones is 1. The largest absolute Gasteiger partial charge is 0.348 e. The Hall–Kier alpha value is -4.15. The van der Waals surface area contributed by atoms with Crippen LogP contribution in [0.4, 0.5) is 10.3 Å². The molecule has 4 aromatic rings. The van der Waals surface area contributed by atoms with Crippen LogP contribution in [0.1, 0.15) is 34.5 Å². The summed E-state index contributed by atoms with van der Waals surface area (Å²) in [5, 5.41) is 3.30. The molecule has 0 radical (unpaired) electrons. The summed E-state index contributed by atoms with van der Waals surface area (Å²) >= 11 is 0. The van der Waals surface area contributed by atoms with Gasteiger partial charge in [-0.15, -0.1) is 0 Å². The molecule has 0 saturated carbocycles. The predicted octanol–water partition coefficient (Wildman–Crippen LogP) is 3.60. The average Bonchev–Trinajstić information content (AvgIpc) is 3.61. The van der Waals surface area contributed by atoms with E-state index in [0.29, 0.717) is 36.1 Å². The molecule has 2 aliphatic rings. The minimum Gasteiger partial charge on any atom is -0.348 e. The SMILES string of the molecule is CC(Nc1nccc(-c2c(C(=O)Cc3ccc(F)cc3)c(=O)n3n2CC2(C3)OCCO2)n1)c1ccccc1. The van der Waals surface area contributed by atoms with Gasteiger partial charge in [0.25, 0.3) is 5.56 Å². The first-order chi connectivity index (χ1) is 18.4. The van der Waals surface area contributed by atoms with Crippen molar-refractivity contribution in [1.29, 1.82) is 0 Å². The molecule has 0 bridgehead atoms. The molecule has 1 atom stereocenters. The molecule has 0 aliphatic carbocycles. The second kappa shape index (κ2) is 9.62. The topological polar surface area (TPSA) is 100 Å². The summed E-state index contributed by atoms with van der Waals surface area (Å²) in [4.78, 5) is 36.2.